The topological polar surface area (TPSA) is 109 Å². The third-order valence-corrected chi connectivity index (χ3v) is 5.11. The van der Waals surface area contributed by atoms with Crippen LogP contribution in [0, 0.1) is 5.92 Å². The summed E-state index contributed by atoms with van der Waals surface area (Å²) in [6, 6.07) is 0. The minimum Gasteiger partial charge on any atom is -0.286 e. The van der Waals surface area contributed by atoms with Crippen LogP contribution in [0.2, 0.25) is 0 Å². The predicted octanol–water partition coefficient (Wildman–Crippen LogP) is 1.90. The second-order valence-electron chi connectivity index (χ2n) is 4.59. The molecule has 114 valence electrons. The number of unbranched alkanes of at least 4 members (excludes halogenated alkanes) is 3. The standard InChI is InChI=1S/C11H22O6S2/c1-3-4-5-6-7-8-10(2)11(19(15,16)17)9-18(12,13)14/h7-8,10-11H,3-6,9H2,1-2H3,(H,12,13,14)(H,15,16,17). The van der Waals surface area contributed by atoms with E-state index < -0.39 is 37.2 Å². The highest BCUT2D eigenvalue weighted by Gasteiger charge is 2.32. The fraction of sp³-hybridized carbons (Fsp3) is 0.818. The van der Waals surface area contributed by atoms with E-state index in [1.807, 2.05) is 0 Å². The minimum absolute atomic E-state index is 0.696. The number of rotatable bonds is 9. The highest BCUT2D eigenvalue weighted by Crippen LogP contribution is 2.16. The van der Waals surface area contributed by atoms with Gasteiger partial charge in [0.25, 0.3) is 20.2 Å². The van der Waals surface area contributed by atoms with Gasteiger partial charge < -0.3 is 0 Å². The molecule has 0 aliphatic carbocycles. The Kier molecular flexibility index (Phi) is 7.80. The predicted molar refractivity (Wildman–Crippen MR) is 74.2 cm³/mol. The van der Waals surface area contributed by atoms with Crippen molar-refractivity contribution in [2.24, 2.45) is 5.92 Å². The van der Waals surface area contributed by atoms with Crippen LogP contribution in [0.1, 0.15) is 39.5 Å². The van der Waals surface area contributed by atoms with Gasteiger partial charge in [0.05, 0.1) is 5.75 Å². The lowest BCUT2D eigenvalue weighted by atomic mass is 10.1. The fourth-order valence-corrected chi connectivity index (χ4v) is 4.22. The van der Waals surface area contributed by atoms with Crippen LogP contribution in [0.25, 0.3) is 0 Å². The van der Waals surface area contributed by atoms with E-state index in [1.54, 1.807) is 12.2 Å². The van der Waals surface area contributed by atoms with Crippen molar-refractivity contribution in [3.05, 3.63) is 12.2 Å². The summed E-state index contributed by atoms with van der Waals surface area (Å²) in [5.74, 6) is -1.70. The lowest BCUT2D eigenvalue weighted by Crippen LogP contribution is -2.34. The lowest BCUT2D eigenvalue weighted by Gasteiger charge is -2.16. The fourth-order valence-electron chi connectivity index (χ4n) is 1.66. The van der Waals surface area contributed by atoms with Crippen LogP contribution in [0.3, 0.4) is 0 Å². The summed E-state index contributed by atoms with van der Waals surface area (Å²) in [5, 5.41) is -1.55. The Morgan fingerprint density at radius 1 is 1.11 bits per heavy atom. The maximum Gasteiger partial charge on any atom is 0.269 e. The third kappa shape index (κ3) is 9.15. The third-order valence-electron chi connectivity index (χ3n) is 2.76. The molecule has 0 aliphatic rings. The van der Waals surface area contributed by atoms with Crippen molar-refractivity contribution in [3.8, 4) is 0 Å². The Hall–Kier alpha value is -0.440. The Morgan fingerprint density at radius 3 is 2.11 bits per heavy atom. The van der Waals surface area contributed by atoms with Crippen LogP contribution in [0.5, 0.6) is 0 Å². The molecule has 19 heavy (non-hydrogen) atoms. The van der Waals surface area contributed by atoms with Crippen molar-refractivity contribution in [1.82, 2.24) is 0 Å². The van der Waals surface area contributed by atoms with E-state index in [-0.39, 0.29) is 0 Å². The molecular formula is C11H22O6S2. The first kappa shape index (κ1) is 18.6. The molecule has 2 N–H and O–H groups in total. The molecule has 0 amide bonds. The molecule has 0 aromatic heterocycles. The second-order valence-corrected chi connectivity index (χ2v) is 7.72. The van der Waals surface area contributed by atoms with Gasteiger partial charge in [0, 0.05) is 0 Å². The van der Waals surface area contributed by atoms with E-state index >= 15 is 0 Å². The molecular weight excluding hydrogens is 292 g/mol. The summed E-state index contributed by atoms with van der Waals surface area (Å²) in [6.45, 7) is 3.55. The summed E-state index contributed by atoms with van der Waals surface area (Å²) in [5.41, 5.74) is 0. The van der Waals surface area contributed by atoms with E-state index in [9.17, 15) is 16.8 Å². The van der Waals surface area contributed by atoms with Gasteiger partial charge in [0.1, 0.15) is 5.25 Å². The van der Waals surface area contributed by atoms with Crippen LogP contribution < -0.4 is 0 Å². The average Bonchev–Trinajstić information content (AvgIpc) is 2.22. The van der Waals surface area contributed by atoms with Gasteiger partial charge in [0.2, 0.25) is 0 Å². The van der Waals surface area contributed by atoms with Gasteiger partial charge in [-0.2, -0.15) is 16.8 Å². The van der Waals surface area contributed by atoms with Gasteiger partial charge >= 0.3 is 0 Å². The summed E-state index contributed by atoms with van der Waals surface area (Å²) >= 11 is 0. The molecule has 0 aromatic rings. The summed E-state index contributed by atoms with van der Waals surface area (Å²) in [7, 11) is -9.00. The smallest absolute Gasteiger partial charge is 0.269 e. The first-order chi connectivity index (χ1) is 8.58. The highest BCUT2D eigenvalue weighted by molar-refractivity contribution is 7.90. The van der Waals surface area contributed by atoms with Crippen molar-refractivity contribution in [1.29, 1.82) is 0 Å². The number of hydrogen-bond donors (Lipinski definition) is 2. The molecule has 0 saturated carbocycles. The van der Waals surface area contributed by atoms with Crippen molar-refractivity contribution >= 4 is 20.2 Å². The SMILES string of the molecule is CCCCCC=CC(C)C(CS(=O)(=O)O)S(=O)(=O)O. The van der Waals surface area contributed by atoms with E-state index in [0.717, 1.165) is 25.7 Å². The molecule has 6 nitrogen and oxygen atoms in total. The number of allylic oxidation sites excluding steroid dienone is 2. The molecule has 0 bridgehead atoms. The number of hydrogen-bond acceptors (Lipinski definition) is 4. The molecule has 2 atom stereocenters. The van der Waals surface area contributed by atoms with Crippen LogP contribution in [-0.2, 0) is 20.2 Å². The zero-order valence-corrected chi connectivity index (χ0v) is 12.8. The van der Waals surface area contributed by atoms with Crippen molar-refractivity contribution in [2.45, 2.75) is 44.8 Å². The van der Waals surface area contributed by atoms with Gasteiger partial charge in [-0.25, -0.2) is 0 Å². The van der Waals surface area contributed by atoms with Gasteiger partial charge in [-0.3, -0.25) is 9.11 Å². The maximum atomic E-state index is 11.1. The quantitative estimate of drug-likeness (QED) is 0.382. The largest absolute Gasteiger partial charge is 0.286 e. The molecule has 0 radical (unpaired) electrons. The summed E-state index contributed by atoms with van der Waals surface area (Å²) in [6.07, 6.45) is 7.18. The highest BCUT2D eigenvalue weighted by atomic mass is 32.2. The average molecular weight is 314 g/mol. The van der Waals surface area contributed by atoms with Crippen LogP contribution in [0.15, 0.2) is 12.2 Å². The maximum absolute atomic E-state index is 11.1. The summed E-state index contributed by atoms with van der Waals surface area (Å²) in [4.78, 5) is 0. The van der Waals surface area contributed by atoms with Crippen LogP contribution in [-0.4, -0.2) is 36.9 Å². The molecule has 0 saturated heterocycles. The van der Waals surface area contributed by atoms with Gasteiger partial charge in [-0.05, 0) is 18.8 Å². The van der Waals surface area contributed by atoms with E-state index in [1.165, 1.54) is 6.92 Å². The molecule has 0 fully saturated rings. The van der Waals surface area contributed by atoms with Crippen LogP contribution in [0.4, 0.5) is 0 Å². The molecule has 0 aromatic carbocycles. The Balaban J connectivity index is 4.70. The Bertz CT molecular complexity index is 477. The monoisotopic (exact) mass is 314 g/mol. The molecule has 0 spiro atoms. The first-order valence-corrected chi connectivity index (χ1v) is 9.27. The van der Waals surface area contributed by atoms with E-state index in [0.29, 0.717) is 0 Å². The van der Waals surface area contributed by atoms with Crippen molar-refractivity contribution in [3.63, 3.8) is 0 Å². The van der Waals surface area contributed by atoms with E-state index in [4.69, 9.17) is 9.11 Å². The first-order valence-electron chi connectivity index (χ1n) is 6.16. The van der Waals surface area contributed by atoms with Gasteiger partial charge in [0.15, 0.2) is 0 Å². The van der Waals surface area contributed by atoms with Crippen molar-refractivity contribution < 1.29 is 25.9 Å². The normalized spacial score (nSPS) is 16.6. The molecule has 2 unspecified atom stereocenters. The molecule has 8 heteroatoms. The molecule has 0 aliphatic heterocycles. The zero-order chi connectivity index (χ0) is 15.1. The summed E-state index contributed by atoms with van der Waals surface area (Å²) < 4.78 is 61.5. The van der Waals surface area contributed by atoms with Gasteiger partial charge in [-0.1, -0.05) is 38.8 Å². The van der Waals surface area contributed by atoms with E-state index in [2.05, 4.69) is 6.92 Å². The Morgan fingerprint density at radius 2 is 1.68 bits per heavy atom. The van der Waals surface area contributed by atoms with Crippen molar-refractivity contribution in [2.75, 3.05) is 5.75 Å². The minimum atomic E-state index is -4.54. The van der Waals surface area contributed by atoms with Crippen LogP contribution >= 0.6 is 0 Å². The molecule has 0 heterocycles. The zero-order valence-electron chi connectivity index (χ0n) is 11.2. The molecule has 0 rings (SSSR count). The Labute approximate surface area is 115 Å². The van der Waals surface area contributed by atoms with Gasteiger partial charge in [-0.15, -0.1) is 0 Å². The second kappa shape index (κ2) is 7.98. The lowest BCUT2D eigenvalue weighted by molar-refractivity contribution is 0.444.